The number of para-hydroxylation sites is 1. The molecule has 21 heavy (non-hydrogen) atoms. The monoisotopic (exact) mass is 328 g/mol. The summed E-state index contributed by atoms with van der Waals surface area (Å²) in [5.41, 5.74) is 1.11. The van der Waals surface area contributed by atoms with Crippen molar-refractivity contribution >= 4 is 32.5 Å². The first-order valence-electron chi connectivity index (χ1n) is 6.58. The van der Waals surface area contributed by atoms with E-state index in [0.29, 0.717) is 17.3 Å². The molecule has 1 aromatic heterocycles. The molecule has 0 aliphatic heterocycles. The van der Waals surface area contributed by atoms with Crippen molar-refractivity contribution in [2.24, 2.45) is 0 Å². The molecular formula is C14H17ClN2O3S. The van der Waals surface area contributed by atoms with Crippen LogP contribution >= 0.6 is 11.6 Å². The molecule has 0 aliphatic rings. The van der Waals surface area contributed by atoms with E-state index in [-0.39, 0.29) is 16.7 Å². The number of halogens is 1. The molecule has 2 rings (SSSR count). The molecular weight excluding hydrogens is 312 g/mol. The van der Waals surface area contributed by atoms with Gasteiger partial charge in [0.25, 0.3) is 0 Å². The van der Waals surface area contributed by atoms with E-state index < -0.39 is 16.1 Å². The Morgan fingerprint density at radius 3 is 2.76 bits per heavy atom. The Labute approximate surface area is 129 Å². The van der Waals surface area contributed by atoms with Crippen LogP contribution in [0.15, 0.2) is 29.2 Å². The van der Waals surface area contributed by atoms with Crippen molar-refractivity contribution in [2.75, 3.05) is 6.61 Å². The number of sulfonamides is 1. The first-order chi connectivity index (χ1) is 9.89. The lowest BCUT2D eigenvalue weighted by Crippen LogP contribution is -2.37. The second-order valence-corrected chi connectivity index (χ2v) is 6.87. The zero-order valence-electron chi connectivity index (χ0n) is 11.8. The van der Waals surface area contributed by atoms with Gasteiger partial charge in [-0.25, -0.2) is 18.1 Å². The van der Waals surface area contributed by atoms with Gasteiger partial charge in [-0.15, -0.1) is 0 Å². The number of rotatable bonds is 5. The van der Waals surface area contributed by atoms with Crippen molar-refractivity contribution in [3.05, 3.63) is 35.0 Å². The summed E-state index contributed by atoms with van der Waals surface area (Å²) in [7, 11) is -3.77. The largest absolute Gasteiger partial charge is 0.395 e. The third kappa shape index (κ3) is 3.35. The molecule has 1 aromatic carbocycles. The molecule has 0 spiro atoms. The second-order valence-electron chi connectivity index (χ2n) is 4.83. The third-order valence-electron chi connectivity index (χ3n) is 3.26. The predicted octanol–water partition coefficient (Wildman–Crippen LogP) is 2.25. The molecule has 0 aliphatic carbocycles. The first kappa shape index (κ1) is 16.2. The van der Waals surface area contributed by atoms with Gasteiger partial charge in [0.15, 0.2) is 0 Å². The molecule has 1 unspecified atom stereocenters. The number of benzene rings is 1. The van der Waals surface area contributed by atoms with Crippen LogP contribution in [0.2, 0.25) is 5.15 Å². The highest BCUT2D eigenvalue weighted by Crippen LogP contribution is 2.25. The summed E-state index contributed by atoms with van der Waals surface area (Å²) < 4.78 is 27.4. The summed E-state index contributed by atoms with van der Waals surface area (Å²) in [4.78, 5) is 4.25. The molecule has 7 heteroatoms. The van der Waals surface area contributed by atoms with Crippen LogP contribution in [0.25, 0.3) is 10.9 Å². The summed E-state index contributed by atoms with van der Waals surface area (Å²) in [6, 6.07) is 6.20. The summed E-state index contributed by atoms with van der Waals surface area (Å²) in [5.74, 6) is 0. The molecule has 1 heterocycles. The number of aliphatic hydroxyl groups is 1. The topological polar surface area (TPSA) is 79.3 Å². The quantitative estimate of drug-likeness (QED) is 0.825. The molecule has 0 amide bonds. The fraction of sp³-hybridized carbons (Fsp3) is 0.357. The number of aliphatic hydroxyl groups excluding tert-OH is 1. The van der Waals surface area contributed by atoms with Crippen LogP contribution in [0.4, 0.5) is 0 Å². The van der Waals surface area contributed by atoms with Crippen LogP contribution in [0.3, 0.4) is 0 Å². The molecule has 5 nitrogen and oxygen atoms in total. The molecule has 0 saturated carbocycles. The number of aromatic nitrogens is 1. The first-order valence-corrected chi connectivity index (χ1v) is 8.44. The number of aryl methyl sites for hydroxylation is 1. The molecule has 114 valence electrons. The van der Waals surface area contributed by atoms with Gasteiger partial charge in [0, 0.05) is 11.4 Å². The highest BCUT2D eigenvalue weighted by Gasteiger charge is 2.22. The fourth-order valence-electron chi connectivity index (χ4n) is 2.00. The van der Waals surface area contributed by atoms with E-state index in [4.69, 9.17) is 16.7 Å². The maximum Gasteiger partial charge on any atom is 0.243 e. The van der Waals surface area contributed by atoms with Crippen molar-refractivity contribution in [1.29, 1.82) is 0 Å². The molecule has 0 bridgehead atoms. The minimum atomic E-state index is -3.77. The lowest BCUT2D eigenvalue weighted by atomic mass is 10.2. The highest BCUT2D eigenvalue weighted by molar-refractivity contribution is 7.89. The summed E-state index contributed by atoms with van der Waals surface area (Å²) in [6.07, 6.45) is 0.494. The normalized spacial score (nSPS) is 13.5. The van der Waals surface area contributed by atoms with Crippen LogP contribution in [-0.2, 0) is 10.0 Å². The van der Waals surface area contributed by atoms with Crippen LogP contribution in [-0.4, -0.2) is 31.2 Å². The summed E-state index contributed by atoms with van der Waals surface area (Å²) >= 11 is 6.00. The van der Waals surface area contributed by atoms with Gasteiger partial charge in [-0.1, -0.05) is 30.7 Å². The van der Waals surface area contributed by atoms with E-state index in [1.54, 1.807) is 25.1 Å². The maximum atomic E-state index is 12.5. The Balaban J connectivity index is 2.58. The van der Waals surface area contributed by atoms with E-state index in [0.717, 1.165) is 5.56 Å². The number of fused-ring (bicyclic) bond motifs is 1. The highest BCUT2D eigenvalue weighted by atomic mass is 35.5. The average Bonchev–Trinajstić information content (AvgIpc) is 2.45. The molecule has 1 atom stereocenters. The Hall–Kier alpha value is -1.21. The van der Waals surface area contributed by atoms with Crippen molar-refractivity contribution in [3.63, 3.8) is 0 Å². The lowest BCUT2D eigenvalue weighted by molar-refractivity contribution is 0.254. The Morgan fingerprint density at radius 1 is 1.43 bits per heavy atom. The Kier molecular flexibility index (Phi) is 4.83. The predicted molar refractivity (Wildman–Crippen MR) is 83.0 cm³/mol. The van der Waals surface area contributed by atoms with Gasteiger partial charge in [-0.3, -0.25) is 0 Å². The molecule has 0 radical (unpaired) electrons. The van der Waals surface area contributed by atoms with Gasteiger partial charge in [0.05, 0.1) is 12.1 Å². The molecule has 2 N–H and O–H groups in total. The van der Waals surface area contributed by atoms with Crippen molar-refractivity contribution in [3.8, 4) is 0 Å². The molecule has 0 fully saturated rings. The van der Waals surface area contributed by atoms with Gasteiger partial charge in [0.1, 0.15) is 10.0 Å². The smallest absolute Gasteiger partial charge is 0.243 e. The van der Waals surface area contributed by atoms with Crippen molar-refractivity contribution in [2.45, 2.75) is 31.2 Å². The second kappa shape index (κ2) is 6.27. The van der Waals surface area contributed by atoms with Crippen LogP contribution in [0.1, 0.15) is 18.9 Å². The SMILES string of the molecule is CCC(CO)NS(=O)(=O)c1cccc2cc(C)c(Cl)nc12. The van der Waals surface area contributed by atoms with E-state index in [9.17, 15) is 8.42 Å². The number of nitrogens with zero attached hydrogens (tertiary/aromatic N) is 1. The molecule has 2 aromatic rings. The standard InChI is InChI=1S/C14H17ClN2O3S/c1-3-11(8-18)17-21(19,20)12-6-4-5-10-7-9(2)14(15)16-13(10)12/h4-7,11,17-18H,3,8H2,1-2H3. The lowest BCUT2D eigenvalue weighted by Gasteiger charge is -2.15. The average molecular weight is 329 g/mol. The summed E-state index contributed by atoms with van der Waals surface area (Å²) in [6.45, 7) is 3.35. The minimum Gasteiger partial charge on any atom is -0.395 e. The Morgan fingerprint density at radius 2 is 2.14 bits per heavy atom. The van der Waals surface area contributed by atoms with Gasteiger partial charge < -0.3 is 5.11 Å². The maximum absolute atomic E-state index is 12.5. The fourth-order valence-corrected chi connectivity index (χ4v) is 3.63. The van der Waals surface area contributed by atoms with Gasteiger partial charge in [-0.2, -0.15) is 0 Å². The van der Waals surface area contributed by atoms with Crippen molar-refractivity contribution < 1.29 is 13.5 Å². The van der Waals surface area contributed by atoms with Crippen LogP contribution < -0.4 is 4.72 Å². The van der Waals surface area contributed by atoms with E-state index in [2.05, 4.69) is 9.71 Å². The number of hydrogen-bond donors (Lipinski definition) is 2. The summed E-state index contributed by atoms with van der Waals surface area (Å²) in [5, 5.41) is 10.1. The number of hydrogen-bond acceptors (Lipinski definition) is 4. The van der Waals surface area contributed by atoms with Crippen molar-refractivity contribution in [1.82, 2.24) is 9.71 Å². The van der Waals surface area contributed by atoms with Gasteiger partial charge >= 0.3 is 0 Å². The van der Waals surface area contributed by atoms with E-state index in [1.807, 2.05) is 6.92 Å². The molecule has 0 saturated heterocycles. The van der Waals surface area contributed by atoms with Gasteiger partial charge in [-0.05, 0) is 31.0 Å². The number of pyridine rings is 1. The van der Waals surface area contributed by atoms with Gasteiger partial charge in [0.2, 0.25) is 10.0 Å². The van der Waals surface area contributed by atoms with Crippen LogP contribution in [0, 0.1) is 6.92 Å². The van der Waals surface area contributed by atoms with E-state index >= 15 is 0 Å². The zero-order chi connectivity index (χ0) is 15.6. The van der Waals surface area contributed by atoms with E-state index in [1.165, 1.54) is 6.07 Å². The number of nitrogens with one attached hydrogen (secondary N) is 1. The minimum absolute atomic E-state index is 0.0637. The Bertz CT molecular complexity index is 758. The third-order valence-corrected chi connectivity index (χ3v) is 5.20. The van der Waals surface area contributed by atoms with Crippen LogP contribution in [0.5, 0.6) is 0 Å². The zero-order valence-corrected chi connectivity index (χ0v) is 13.4.